The Labute approximate surface area is 98.8 Å². The summed E-state index contributed by atoms with van der Waals surface area (Å²) in [5.74, 6) is -0.339. The molecule has 2 aromatic carbocycles. The standard InChI is InChI=1S/C15H9O2/c16-14-11-8-4-5-9-12(11)15(17)13(14)10-6-2-1-3-7-10/h1-9H. The van der Waals surface area contributed by atoms with Crippen LogP contribution < -0.4 is 0 Å². The molecule has 0 amide bonds. The van der Waals surface area contributed by atoms with E-state index >= 15 is 0 Å². The average molecular weight is 221 g/mol. The van der Waals surface area contributed by atoms with Crippen molar-refractivity contribution < 1.29 is 9.90 Å². The Morgan fingerprint density at radius 1 is 0.706 bits per heavy atom. The van der Waals surface area contributed by atoms with Gasteiger partial charge in [0.25, 0.3) is 0 Å². The van der Waals surface area contributed by atoms with Crippen molar-refractivity contribution in [2.45, 2.75) is 0 Å². The third-order valence-electron chi connectivity index (χ3n) is 2.93. The number of ketones is 1. The molecule has 0 bridgehead atoms. The largest absolute Gasteiger partial charge is 0.288 e. The van der Waals surface area contributed by atoms with E-state index < -0.39 is 0 Å². The number of Topliss-reactive ketones (excluding diaryl/α,β-unsaturated/α-hetero) is 1. The highest BCUT2D eigenvalue weighted by Crippen LogP contribution is 2.36. The number of allylic oxidation sites excluding steroid dienone is 1. The summed E-state index contributed by atoms with van der Waals surface area (Å²) < 4.78 is 0. The number of fused-ring (bicyclic) bond motifs is 1. The molecular weight excluding hydrogens is 212 g/mol. The van der Waals surface area contributed by atoms with E-state index in [-0.39, 0.29) is 17.1 Å². The highest BCUT2D eigenvalue weighted by Gasteiger charge is 2.31. The van der Waals surface area contributed by atoms with Crippen molar-refractivity contribution in [2.75, 3.05) is 0 Å². The van der Waals surface area contributed by atoms with Crippen LogP contribution >= 0.6 is 0 Å². The number of hydrogen-bond acceptors (Lipinski definition) is 1. The first-order valence-corrected chi connectivity index (χ1v) is 5.40. The highest BCUT2D eigenvalue weighted by atomic mass is 16.3. The topological polar surface area (TPSA) is 37.0 Å². The van der Waals surface area contributed by atoms with Crippen molar-refractivity contribution >= 4 is 17.1 Å². The van der Waals surface area contributed by atoms with Gasteiger partial charge in [-0.05, 0) is 5.56 Å². The monoisotopic (exact) mass is 221 g/mol. The molecule has 0 saturated carbocycles. The Morgan fingerprint density at radius 2 is 1.29 bits per heavy atom. The zero-order valence-corrected chi connectivity index (χ0v) is 9.01. The van der Waals surface area contributed by atoms with Crippen LogP contribution in [0, 0.1) is 0 Å². The molecule has 2 nitrogen and oxygen atoms in total. The van der Waals surface area contributed by atoms with Gasteiger partial charge in [0.1, 0.15) is 0 Å². The summed E-state index contributed by atoms with van der Waals surface area (Å²) in [6.45, 7) is 0. The van der Waals surface area contributed by atoms with Gasteiger partial charge in [0, 0.05) is 11.1 Å². The van der Waals surface area contributed by atoms with Crippen molar-refractivity contribution in [2.24, 2.45) is 0 Å². The molecule has 0 aromatic heterocycles. The van der Waals surface area contributed by atoms with Crippen LogP contribution in [0.4, 0.5) is 0 Å². The lowest BCUT2D eigenvalue weighted by atomic mass is 10.0. The Morgan fingerprint density at radius 3 is 1.94 bits per heavy atom. The van der Waals surface area contributed by atoms with Crippen LogP contribution in [-0.4, -0.2) is 5.78 Å². The predicted octanol–water partition coefficient (Wildman–Crippen LogP) is 3.18. The maximum absolute atomic E-state index is 12.1. The molecule has 1 aliphatic rings. The van der Waals surface area contributed by atoms with Crippen molar-refractivity contribution in [1.82, 2.24) is 0 Å². The van der Waals surface area contributed by atoms with Crippen LogP contribution in [0.1, 0.15) is 21.5 Å². The minimum absolute atomic E-state index is 0.170. The molecule has 3 rings (SSSR count). The lowest BCUT2D eigenvalue weighted by Gasteiger charge is -1.99. The van der Waals surface area contributed by atoms with Gasteiger partial charge in [0.2, 0.25) is 0 Å². The van der Waals surface area contributed by atoms with Crippen LogP contribution in [0.3, 0.4) is 0 Å². The van der Waals surface area contributed by atoms with E-state index in [0.29, 0.717) is 16.7 Å². The van der Waals surface area contributed by atoms with Gasteiger partial charge in [-0.25, -0.2) is 0 Å². The van der Waals surface area contributed by atoms with E-state index in [4.69, 9.17) is 0 Å². The number of benzene rings is 2. The molecular formula is C15H9O2. The molecule has 0 fully saturated rings. The zero-order chi connectivity index (χ0) is 11.8. The fraction of sp³-hybridized carbons (Fsp3) is 0. The second-order valence-corrected chi connectivity index (χ2v) is 3.94. The molecule has 2 aromatic rings. The Hall–Kier alpha value is -2.35. The maximum Gasteiger partial charge on any atom is 0.198 e. The first-order chi connectivity index (χ1) is 8.29. The predicted molar refractivity (Wildman–Crippen MR) is 64.7 cm³/mol. The van der Waals surface area contributed by atoms with E-state index in [0.717, 1.165) is 0 Å². The second kappa shape index (κ2) is 3.59. The summed E-state index contributed by atoms with van der Waals surface area (Å²) in [6, 6.07) is 16.0. The normalized spacial score (nSPS) is 14.0. The number of carbonyl (C=O) groups is 1. The van der Waals surface area contributed by atoms with Gasteiger partial charge in [-0.2, -0.15) is 0 Å². The molecule has 0 spiro atoms. The SMILES string of the molecule is [O]C1=C(c2ccccc2)C(=O)c2ccccc21. The highest BCUT2D eigenvalue weighted by molar-refractivity contribution is 6.38. The van der Waals surface area contributed by atoms with Crippen molar-refractivity contribution in [3.05, 3.63) is 71.3 Å². The van der Waals surface area contributed by atoms with Gasteiger partial charge >= 0.3 is 0 Å². The van der Waals surface area contributed by atoms with E-state index in [1.807, 2.05) is 18.2 Å². The van der Waals surface area contributed by atoms with Crippen molar-refractivity contribution in [3.8, 4) is 0 Å². The quantitative estimate of drug-likeness (QED) is 0.728. The van der Waals surface area contributed by atoms with Gasteiger partial charge < -0.3 is 0 Å². The molecule has 0 N–H and O–H groups in total. The van der Waals surface area contributed by atoms with E-state index in [1.165, 1.54) is 0 Å². The summed E-state index contributed by atoms with van der Waals surface area (Å²) >= 11 is 0. The van der Waals surface area contributed by atoms with Gasteiger partial charge in [-0.1, -0.05) is 54.6 Å². The van der Waals surface area contributed by atoms with Crippen LogP contribution in [0.15, 0.2) is 54.6 Å². The van der Waals surface area contributed by atoms with Gasteiger partial charge in [0.15, 0.2) is 11.5 Å². The summed E-state index contributed by atoms with van der Waals surface area (Å²) in [4.78, 5) is 12.1. The fourth-order valence-electron chi connectivity index (χ4n) is 2.12. The van der Waals surface area contributed by atoms with Crippen LogP contribution in [-0.2, 0) is 5.11 Å². The number of hydrogen-bond donors (Lipinski definition) is 0. The third kappa shape index (κ3) is 1.38. The molecule has 1 radical (unpaired) electrons. The lowest BCUT2D eigenvalue weighted by Crippen LogP contribution is -1.97. The molecule has 0 unspecified atom stereocenters. The minimum atomic E-state index is -0.170. The summed E-state index contributed by atoms with van der Waals surface area (Å²) in [7, 11) is 0. The number of carbonyl (C=O) groups excluding carboxylic acids is 1. The summed E-state index contributed by atoms with van der Waals surface area (Å²) in [6.07, 6.45) is 0. The first-order valence-electron chi connectivity index (χ1n) is 5.40. The van der Waals surface area contributed by atoms with Gasteiger partial charge in [-0.15, -0.1) is 0 Å². The van der Waals surface area contributed by atoms with E-state index in [1.54, 1.807) is 36.4 Å². The fourth-order valence-corrected chi connectivity index (χ4v) is 2.12. The van der Waals surface area contributed by atoms with Crippen LogP contribution in [0.2, 0.25) is 0 Å². The van der Waals surface area contributed by atoms with Gasteiger partial charge in [-0.3, -0.25) is 9.90 Å². The molecule has 0 saturated heterocycles. The molecule has 2 heteroatoms. The Balaban J connectivity index is 2.22. The van der Waals surface area contributed by atoms with Crippen LogP contribution in [0.5, 0.6) is 0 Å². The average Bonchev–Trinajstić information content (AvgIpc) is 2.64. The summed E-state index contributed by atoms with van der Waals surface area (Å²) in [5, 5.41) is 12.1. The van der Waals surface area contributed by atoms with Crippen LogP contribution in [0.25, 0.3) is 11.3 Å². The smallest absolute Gasteiger partial charge is 0.198 e. The molecule has 0 aliphatic heterocycles. The van der Waals surface area contributed by atoms with Crippen molar-refractivity contribution in [3.63, 3.8) is 0 Å². The molecule has 0 atom stereocenters. The van der Waals surface area contributed by atoms with E-state index in [9.17, 15) is 9.90 Å². The van der Waals surface area contributed by atoms with Gasteiger partial charge in [0.05, 0.1) is 5.57 Å². The number of rotatable bonds is 1. The Kier molecular flexibility index (Phi) is 2.08. The molecule has 81 valence electrons. The van der Waals surface area contributed by atoms with Crippen molar-refractivity contribution in [1.29, 1.82) is 0 Å². The molecule has 0 heterocycles. The first kappa shape index (κ1) is 9.85. The molecule has 1 aliphatic carbocycles. The molecule has 17 heavy (non-hydrogen) atoms. The summed E-state index contributed by atoms with van der Waals surface area (Å²) in [5.41, 5.74) is 2.00. The zero-order valence-electron chi connectivity index (χ0n) is 9.01. The minimum Gasteiger partial charge on any atom is -0.288 e. The Bertz CT molecular complexity index is 624. The second-order valence-electron chi connectivity index (χ2n) is 3.94. The van der Waals surface area contributed by atoms with E-state index in [2.05, 4.69) is 0 Å². The third-order valence-corrected chi connectivity index (χ3v) is 2.93. The maximum atomic E-state index is 12.1. The lowest BCUT2D eigenvalue weighted by molar-refractivity contribution is 0.105.